The zero-order valence-corrected chi connectivity index (χ0v) is 12.8. The molecular formula is C13H20BrN3O2. The first-order chi connectivity index (χ1) is 9.15. The van der Waals surface area contributed by atoms with Gasteiger partial charge in [-0.2, -0.15) is 0 Å². The molecule has 0 atom stereocenters. The van der Waals surface area contributed by atoms with Crippen LogP contribution in [0.4, 0.5) is 11.5 Å². The van der Waals surface area contributed by atoms with Crippen LogP contribution in [-0.4, -0.2) is 16.5 Å². The minimum atomic E-state index is -0.415. The van der Waals surface area contributed by atoms with E-state index in [4.69, 9.17) is 0 Å². The summed E-state index contributed by atoms with van der Waals surface area (Å²) < 4.78 is 0.615. The number of pyridine rings is 1. The zero-order chi connectivity index (χ0) is 14.1. The molecule has 1 aromatic heterocycles. The molecule has 0 unspecified atom stereocenters. The fourth-order valence-corrected chi connectivity index (χ4v) is 2.14. The Hall–Kier alpha value is -1.17. The Morgan fingerprint density at radius 3 is 2.68 bits per heavy atom. The van der Waals surface area contributed by atoms with Crippen LogP contribution >= 0.6 is 15.9 Å². The number of anilines is 1. The van der Waals surface area contributed by atoms with Crippen molar-refractivity contribution in [2.75, 3.05) is 11.9 Å². The van der Waals surface area contributed by atoms with Crippen molar-refractivity contribution in [1.82, 2.24) is 4.98 Å². The van der Waals surface area contributed by atoms with Gasteiger partial charge in [-0.05, 0) is 22.4 Å². The van der Waals surface area contributed by atoms with Crippen LogP contribution in [-0.2, 0) is 0 Å². The van der Waals surface area contributed by atoms with Crippen LogP contribution in [0.3, 0.4) is 0 Å². The Morgan fingerprint density at radius 2 is 2.00 bits per heavy atom. The monoisotopic (exact) mass is 329 g/mol. The van der Waals surface area contributed by atoms with Crippen molar-refractivity contribution in [2.24, 2.45) is 0 Å². The van der Waals surface area contributed by atoms with Gasteiger partial charge in [0.05, 0.1) is 4.92 Å². The number of unbranched alkanes of at least 4 members (excludes halogenated alkanes) is 5. The molecule has 0 saturated carbocycles. The topological polar surface area (TPSA) is 68.1 Å². The van der Waals surface area contributed by atoms with Gasteiger partial charge in [0.25, 0.3) is 0 Å². The average molecular weight is 330 g/mol. The van der Waals surface area contributed by atoms with E-state index in [-0.39, 0.29) is 5.69 Å². The predicted octanol–water partition coefficient (Wildman–Crippen LogP) is 4.52. The molecule has 0 aliphatic carbocycles. The van der Waals surface area contributed by atoms with E-state index in [1.807, 2.05) is 0 Å². The second-order valence-corrected chi connectivity index (χ2v) is 5.39. The van der Waals surface area contributed by atoms with Crippen molar-refractivity contribution in [2.45, 2.75) is 45.4 Å². The molecule has 0 bridgehead atoms. The van der Waals surface area contributed by atoms with Crippen LogP contribution in [0.15, 0.2) is 16.7 Å². The van der Waals surface area contributed by atoms with E-state index in [1.54, 1.807) is 6.20 Å². The van der Waals surface area contributed by atoms with Gasteiger partial charge in [-0.3, -0.25) is 10.1 Å². The van der Waals surface area contributed by atoms with Crippen molar-refractivity contribution >= 4 is 27.4 Å². The molecule has 19 heavy (non-hydrogen) atoms. The van der Waals surface area contributed by atoms with Crippen LogP contribution < -0.4 is 5.32 Å². The number of nitrogens with one attached hydrogen (secondary N) is 1. The molecule has 0 fully saturated rings. The van der Waals surface area contributed by atoms with Gasteiger partial charge in [0.15, 0.2) is 0 Å². The van der Waals surface area contributed by atoms with E-state index in [0.717, 1.165) is 19.4 Å². The third-order valence-electron chi connectivity index (χ3n) is 2.85. The Balaban J connectivity index is 2.35. The number of nitro groups is 1. The summed E-state index contributed by atoms with van der Waals surface area (Å²) in [4.78, 5) is 14.5. The molecule has 0 aliphatic heterocycles. The molecule has 0 saturated heterocycles. The van der Waals surface area contributed by atoms with Crippen LogP contribution in [0.1, 0.15) is 45.4 Å². The highest BCUT2D eigenvalue weighted by atomic mass is 79.9. The summed E-state index contributed by atoms with van der Waals surface area (Å²) in [6, 6.07) is 1.47. The molecule has 1 heterocycles. The molecular weight excluding hydrogens is 310 g/mol. The minimum absolute atomic E-state index is 0.0142. The molecule has 1 N–H and O–H groups in total. The van der Waals surface area contributed by atoms with Gasteiger partial charge in [0.1, 0.15) is 0 Å². The minimum Gasteiger partial charge on any atom is -0.364 e. The Kier molecular flexibility index (Phi) is 7.40. The predicted molar refractivity (Wildman–Crippen MR) is 80.5 cm³/mol. The molecule has 0 amide bonds. The lowest BCUT2D eigenvalue weighted by Gasteiger charge is -2.06. The maximum atomic E-state index is 10.9. The van der Waals surface area contributed by atoms with E-state index >= 15 is 0 Å². The summed E-state index contributed by atoms with van der Waals surface area (Å²) in [7, 11) is 0. The summed E-state index contributed by atoms with van der Waals surface area (Å²) in [5.74, 6) is 0.349. The normalized spacial score (nSPS) is 10.4. The molecule has 5 nitrogen and oxygen atoms in total. The van der Waals surface area contributed by atoms with Crippen molar-refractivity contribution in [3.8, 4) is 0 Å². The van der Waals surface area contributed by atoms with Gasteiger partial charge in [-0.25, -0.2) is 4.98 Å². The first kappa shape index (κ1) is 15.9. The summed E-state index contributed by atoms with van der Waals surface area (Å²) in [5, 5.41) is 13.9. The van der Waals surface area contributed by atoms with Gasteiger partial charge in [0, 0.05) is 23.3 Å². The fraction of sp³-hybridized carbons (Fsp3) is 0.615. The van der Waals surface area contributed by atoms with E-state index in [2.05, 4.69) is 33.2 Å². The van der Waals surface area contributed by atoms with E-state index in [0.29, 0.717) is 10.3 Å². The van der Waals surface area contributed by atoms with Crippen molar-refractivity contribution in [3.05, 3.63) is 26.9 Å². The Morgan fingerprint density at radius 1 is 1.32 bits per heavy atom. The summed E-state index contributed by atoms with van der Waals surface area (Å²) in [5.41, 5.74) is 0.0142. The van der Waals surface area contributed by atoms with E-state index in [1.165, 1.54) is 31.7 Å². The molecule has 0 spiro atoms. The quantitative estimate of drug-likeness (QED) is 0.410. The molecule has 0 radical (unpaired) electrons. The van der Waals surface area contributed by atoms with Crippen molar-refractivity contribution < 1.29 is 4.92 Å². The molecule has 1 aromatic rings. The Labute approximate surface area is 122 Å². The number of hydrogen-bond acceptors (Lipinski definition) is 4. The summed E-state index contributed by atoms with van der Waals surface area (Å²) in [6.07, 6.45) is 8.76. The van der Waals surface area contributed by atoms with Crippen LogP contribution in [0.25, 0.3) is 0 Å². The standard InChI is InChI=1S/C13H20BrN3O2/c1-2-3-4-5-6-7-8-15-13-12(17(18)19)9-11(14)10-16-13/h9-10H,2-8H2,1H3,(H,15,16). The third kappa shape index (κ3) is 6.00. The summed E-state index contributed by atoms with van der Waals surface area (Å²) >= 11 is 3.19. The molecule has 0 aromatic carbocycles. The lowest BCUT2D eigenvalue weighted by molar-refractivity contribution is -0.384. The third-order valence-corrected chi connectivity index (χ3v) is 3.29. The number of aromatic nitrogens is 1. The highest BCUT2D eigenvalue weighted by molar-refractivity contribution is 9.10. The smallest absolute Gasteiger partial charge is 0.312 e. The van der Waals surface area contributed by atoms with Crippen molar-refractivity contribution in [3.63, 3.8) is 0 Å². The maximum Gasteiger partial charge on any atom is 0.312 e. The average Bonchev–Trinajstić information content (AvgIpc) is 2.39. The maximum absolute atomic E-state index is 10.9. The largest absolute Gasteiger partial charge is 0.364 e. The SMILES string of the molecule is CCCCCCCCNc1ncc(Br)cc1[N+](=O)[O-]. The number of halogens is 1. The van der Waals surface area contributed by atoms with Crippen molar-refractivity contribution in [1.29, 1.82) is 0 Å². The van der Waals surface area contributed by atoms with Gasteiger partial charge < -0.3 is 5.32 Å². The van der Waals surface area contributed by atoms with Gasteiger partial charge in [-0.15, -0.1) is 0 Å². The highest BCUT2D eigenvalue weighted by Crippen LogP contribution is 2.25. The molecule has 0 aliphatic rings. The molecule has 106 valence electrons. The molecule has 6 heteroatoms. The summed E-state index contributed by atoms with van der Waals surface area (Å²) in [6.45, 7) is 2.92. The van der Waals surface area contributed by atoms with Gasteiger partial charge in [0.2, 0.25) is 5.82 Å². The first-order valence-electron chi connectivity index (χ1n) is 6.69. The van der Waals surface area contributed by atoms with E-state index in [9.17, 15) is 10.1 Å². The fourth-order valence-electron chi connectivity index (χ4n) is 1.82. The van der Waals surface area contributed by atoms with Crippen LogP contribution in [0.5, 0.6) is 0 Å². The lowest BCUT2D eigenvalue weighted by Crippen LogP contribution is -2.06. The second-order valence-electron chi connectivity index (χ2n) is 4.47. The van der Waals surface area contributed by atoms with Crippen LogP contribution in [0.2, 0.25) is 0 Å². The highest BCUT2D eigenvalue weighted by Gasteiger charge is 2.14. The van der Waals surface area contributed by atoms with Gasteiger partial charge in [-0.1, -0.05) is 39.0 Å². The zero-order valence-electron chi connectivity index (χ0n) is 11.2. The number of hydrogen-bond donors (Lipinski definition) is 1. The van der Waals surface area contributed by atoms with E-state index < -0.39 is 4.92 Å². The second kappa shape index (κ2) is 8.85. The van der Waals surface area contributed by atoms with Crippen LogP contribution in [0, 0.1) is 10.1 Å². The Bertz CT molecular complexity index is 413. The lowest BCUT2D eigenvalue weighted by atomic mass is 10.1. The van der Waals surface area contributed by atoms with Gasteiger partial charge >= 0.3 is 5.69 Å². The first-order valence-corrected chi connectivity index (χ1v) is 7.48. The number of rotatable bonds is 9. The molecule has 1 rings (SSSR count). The number of nitrogens with zero attached hydrogens (tertiary/aromatic N) is 2.